The number of thiazole rings is 1. The summed E-state index contributed by atoms with van der Waals surface area (Å²) in [5, 5.41) is 0.835. The zero-order valence-electron chi connectivity index (χ0n) is 18.8. The van der Waals surface area contributed by atoms with Crippen LogP contribution < -0.4 is 19.6 Å². The van der Waals surface area contributed by atoms with Gasteiger partial charge in [-0.15, -0.1) is 0 Å². The van der Waals surface area contributed by atoms with Gasteiger partial charge in [0, 0.05) is 0 Å². The highest BCUT2D eigenvalue weighted by atomic mass is 35.5. The third kappa shape index (κ3) is 4.69. The van der Waals surface area contributed by atoms with Crippen LogP contribution in [0, 0.1) is 0 Å². The van der Waals surface area contributed by atoms with Gasteiger partial charge in [-0.05, 0) is 62.2 Å². The van der Waals surface area contributed by atoms with E-state index < -0.39 is 12.0 Å². The summed E-state index contributed by atoms with van der Waals surface area (Å²) >= 11 is 13.4. The fraction of sp³-hybridized carbons (Fsp3) is 0.240. The molecule has 0 amide bonds. The predicted molar refractivity (Wildman–Crippen MR) is 134 cm³/mol. The van der Waals surface area contributed by atoms with Crippen molar-refractivity contribution < 1.29 is 14.3 Å². The second-order valence-electron chi connectivity index (χ2n) is 7.48. The maximum atomic E-state index is 13.6. The molecule has 34 heavy (non-hydrogen) atoms. The maximum absolute atomic E-state index is 13.6. The molecule has 6 nitrogen and oxygen atoms in total. The van der Waals surface area contributed by atoms with E-state index in [1.165, 1.54) is 11.3 Å². The van der Waals surface area contributed by atoms with Gasteiger partial charge in [-0.2, -0.15) is 0 Å². The van der Waals surface area contributed by atoms with Gasteiger partial charge in [0.15, 0.2) is 4.80 Å². The minimum absolute atomic E-state index is 0.216. The number of esters is 1. The highest BCUT2D eigenvalue weighted by Gasteiger charge is 2.33. The molecule has 2 heterocycles. The van der Waals surface area contributed by atoms with Gasteiger partial charge in [-0.3, -0.25) is 9.36 Å². The van der Waals surface area contributed by atoms with E-state index in [2.05, 4.69) is 4.99 Å². The molecular weight excluding hydrogens is 495 g/mol. The van der Waals surface area contributed by atoms with E-state index in [-0.39, 0.29) is 12.2 Å². The molecule has 2 aromatic carbocycles. The van der Waals surface area contributed by atoms with Crippen molar-refractivity contribution in [3.8, 4) is 5.75 Å². The van der Waals surface area contributed by atoms with Crippen molar-refractivity contribution in [2.24, 2.45) is 4.99 Å². The molecule has 1 aliphatic rings. The number of halogens is 2. The molecule has 4 rings (SSSR count). The maximum Gasteiger partial charge on any atom is 0.338 e. The summed E-state index contributed by atoms with van der Waals surface area (Å²) in [7, 11) is 0. The molecule has 1 atom stereocenters. The van der Waals surface area contributed by atoms with Gasteiger partial charge in [0.05, 0.1) is 45.1 Å². The number of hydrogen-bond donors (Lipinski definition) is 0. The summed E-state index contributed by atoms with van der Waals surface area (Å²) < 4.78 is 12.9. The number of carbonyl (C=O) groups is 1. The van der Waals surface area contributed by atoms with E-state index in [4.69, 9.17) is 32.7 Å². The average molecular weight is 517 g/mol. The lowest BCUT2D eigenvalue weighted by atomic mass is 9.96. The highest BCUT2D eigenvalue weighted by molar-refractivity contribution is 7.07. The van der Waals surface area contributed by atoms with Crippen LogP contribution >= 0.6 is 34.5 Å². The van der Waals surface area contributed by atoms with Crippen molar-refractivity contribution in [1.29, 1.82) is 0 Å². The number of nitrogens with zero attached hydrogens (tertiary/aromatic N) is 2. The van der Waals surface area contributed by atoms with Crippen LogP contribution in [0.25, 0.3) is 6.08 Å². The molecule has 0 radical (unpaired) electrons. The average Bonchev–Trinajstić information content (AvgIpc) is 3.10. The van der Waals surface area contributed by atoms with E-state index in [0.29, 0.717) is 43.0 Å². The first kappa shape index (κ1) is 24.3. The number of ether oxygens (including phenoxy) is 2. The fourth-order valence-corrected chi connectivity index (χ4v) is 5.13. The monoisotopic (exact) mass is 516 g/mol. The minimum atomic E-state index is -0.679. The van der Waals surface area contributed by atoms with Crippen LogP contribution in [-0.4, -0.2) is 23.8 Å². The van der Waals surface area contributed by atoms with Crippen molar-refractivity contribution in [2.45, 2.75) is 26.8 Å². The van der Waals surface area contributed by atoms with Crippen LogP contribution in [0.5, 0.6) is 5.75 Å². The Bertz CT molecular complexity index is 1460. The lowest BCUT2D eigenvalue weighted by Crippen LogP contribution is -2.39. The summed E-state index contributed by atoms with van der Waals surface area (Å²) in [4.78, 5) is 31.6. The Morgan fingerprint density at radius 2 is 1.85 bits per heavy atom. The van der Waals surface area contributed by atoms with Crippen molar-refractivity contribution in [3.05, 3.63) is 94.6 Å². The third-order valence-corrected chi connectivity index (χ3v) is 6.99. The summed E-state index contributed by atoms with van der Waals surface area (Å²) in [6, 6.07) is 11.8. The second-order valence-corrected chi connectivity index (χ2v) is 9.30. The molecule has 1 unspecified atom stereocenters. The molecule has 9 heteroatoms. The zero-order chi connectivity index (χ0) is 24.4. The molecular formula is C25H22Cl2N2O4S. The van der Waals surface area contributed by atoms with Gasteiger partial charge in [-0.1, -0.05) is 52.7 Å². The van der Waals surface area contributed by atoms with E-state index in [1.54, 1.807) is 42.7 Å². The first-order chi connectivity index (χ1) is 16.3. The Balaban J connectivity index is 1.91. The Labute approximate surface area is 210 Å². The van der Waals surface area contributed by atoms with Gasteiger partial charge >= 0.3 is 5.97 Å². The highest BCUT2D eigenvalue weighted by Crippen LogP contribution is 2.31. The molecule has 0 spiro atoms. The quantitative estimate of drug-likeness (QED) is 0.452. The number of fused-ring (bicyclic) bond motifs is 1. The van der Waals surface area contributed by atoms with Crippen LogP contribution in [0.3, 0.4) is 0 Å². The fourth-order valence-electron chi connectivity index (χ4n) is 3.77. The van der Waals surface area contributed by atoms with Crippen molar-refractivity contribution >= 4 is 46.6 Å². The lowest BCUT2D eigenvalue weighted by Gasteiger charge is -2.24. The molecule has 0 fully saturated rings. The number of allylic oxidation sites excluding steroid dienone is 1. The predicted octanol–water partition coefficient (Wildman–Crippen LogP) is 4.50. The van der Waals surface area contributed by atoms with E-state index in [1.807, 2.05) is 31.2 Å². The standard InChI is InChI=1S/C25H22Cl2N2O4S/c1-4-32-17-9-7-16(8-10-17)22-21(24(31)33-5-2)14(3)28-25-29(22)23(30)20(34-25)13-15-6-11-18(26)19(27)12-15/h6-13,22H,4-5H2,1-3H3. The molecule has 0 aliphatic carbocycles. The largest absolute Gasteiger partial charge is 0.494 e. The van der Waals surface area contributed by atoms with Crippen LogP contribution in [0.1, 0.15) is 37.9 Å². The van der Waals surface area contributed by atoms with Crippen molar-refractivity contribution in [3.63, 3.8) is 0 Å². The topological polar surface area (TPSA) is 69.9 Å². The number of carbonyl (C=O) groups excluding carboxylic acids is 1. The molecule has 176 valence electrons. The molecule has 0 saturated heterocycles. The smallest absolute Gasteiger partial charge is 0.338 e. The van der Waals surface area contributed by atoms with Crippen LogP contribution in [0.2, 0.25) is 10.0 Å². The number of rotatable bonds is 6. The van der Waals surface area contributed by atoms with Gasteiger partial charge < -0.3 is 9.47 Å². The minimum Gasteiger partial charge on any atom is -0.494 e. The lowest BCUT2D eigenvalue weighted by molar-refractivity contribution is -0.139. The van der Waals surface area contributed by atoms with Crippen LogP contribution in [0.4, 0.5) is 0 Å². The summed E-state index contributed by atoms with van der Waals surface area (Å²) in [5.41, 5.74) is 2.07. The zero-order valence-corrected chi connectivity index (χ0v) is 21.1. The number of aromatic nitrogens is 1. The number of hydrogen-bond acceptors (Lipinski definition) is 6. The van der Waals surface area contributed by atoms with Crippen molar-refractivity contribution in [1.82, 2.24) is 4.57 Å². The Morgan fingerprint density at radius 1 is 1.12 bits per heavy atom. The second kappa shape index (κ2) is 10.2. The third-order valence-electron chi connectivity index (χ3n) is 5.27. The summed E-state index contributed by atoms with van der Waals surface area (Å²) in [6.07, 6.45) is 1.74. The first-order valence-electron chi connectivity index (χ1n) is 10.7. The van der Waals surface area contributed by atoms with Gasteiger partial charge in [-0.25, -0.2) is 9.79 Å². The van der Waals surface area contributed by atoms with E-state index in [0.717, 1.165) is 11.1 Å². The first-order valence-corrected chi connectivity index (χ1v) is 12.3. The Kier molecular flexibility index (Phi) is 7.26. The van der Waals surface area contributed by atoms with Gasteiger partial charge in [0.2, 0.25) is 0 Å². The normalized spacial score (nSPS) is 15.7. The molecule has 3 aromatic rings. The Morgan fingerprint density at radius 3 is 2.50 bits per heavy atom. The van der Waals surface area contributed by atoms with Crippen LogP contribution in [-0.2, 0) is 9.53 Å². The summed E-state index contributed by atoms with van der Waals surface area (Å²) in [5.74, 6) is 0.207. The van der Waals surface area contributed by atoms with E-state index >= 15 is 0 Å². The Hall–Kier alpha value is -2.87. The SMILES string of the molecule is CCOC(=O)C1=C(C)N=c2sc(=Cc3ccc(Cl)c(Cl)c3)c(=O)n2C1c1ccc(OCC)cc1. The van der Waals surface area contributed by atoms with Crippen molar-refractivity contribution in [2.75, 3.05) is 13.2 Å². The molecule has 0 saturated carbocycles. The van der Waals surface area contributed by atoms with Gasteiger partial charge in [0.1, 0.15) is 5.75 Å². The molecule has 0 N–H and O–H groups in total. The van der Waals surface area contributed by atoms with Gasteiger partial charge in [0.25, 0.3) is 5.56 Å². The van der Waals surface area contributed by atoms with E-state index in [9.17, 15) is 9.59 Å². The molecule has 1 aromatic heterocycles. The molecule has 0 bridgehead atoms. The summed E-state index contributed by atoms with van der Waals surface area (Å²) in [6.45, 7) is 6.16. The molecule has 1 aliphatic heterocycles. The van der Waals surface area contributed by atoms with Crippen LogP contribution in [0.15, 0.2) is 63.5 Å². The number of benzene rings is 2.